The van der Waals surface area contributed by atoms with Crippen LogP contribution in [0.5, 0.6) is 5.75 Å². The van der Waals surface area contributed by atoms with Gasteiger partial charge >= 0.3 is 5.97 Å². The summed E-state index contributed by atoms with van der Waals surface area (Å²) in [6, 6.07) is 10.9. The smallest absolute Gasteiger partial charge is 0.355 e. The van der Waals surface area contributed by atoms with Gasteiger partial charge in [0.25, 0.3) is 0 Å². The molecule has 2 aromatic carbocycles. The molecule has 0 atom stereocenters. The van der Waals surface area contributed by atoms with Crippen molar-refractivity contribution in [3.63, 3.8) is 0 Å². The molecule has 0 unspecified atom stereocenters. The van der Waals surface area contributed by atoms with Crippen molar-refractivity contribution in [1.29, 1.82) is 0 Å². The van der Waals surface area contributed by atoms with Crippen LogP contribution >= 0.6 is 0 Å². The molecule has 0 saturated heterocycles. The lowest BCUT2D eigenvalue weighted by atomic mass is 9.91. The molecule has 2 aromatic heterocycles. The number of benzene rings is 2. The number of hydrogen-bond donors (Lipinski definition) is 0. The van der Waals surface area contributed by atoms with Gasteiger partial charge in [-0.2, -0.15) is 5.10 Å². The number of aryl methyl sites for hydroxylation is 6. The van der Waals surface area contributed by atoms with Gasteiger partial charge in [0.1, 0.15) is 11.4 Å². The Morgan fingerprint density at radius 3 is 2.74 bits per heavy atom. The van der Waals surface area contributed by atoms with E-state index in [2.05, 4.69) is 48.7 Å². The number of rotatable bonds is 8. The molecule has 2 aliphatic rings. The van der Waals surface area contributed by atoms with Crippen molar-refractivity contribution >= 4 is 16.9 Å². The predicted molar refractivity (Wildman–Crippen MR) is 170 cm³/mol. The van der Waals surface area contributed by atoms with Crippen LogP contribution in [0.3, 0.4) is 0 Å². The third-order valence-corrected chi connectivity index (χ3v) is 9.17. The predicted octanol–water partition coefficient (Wildman–Crippen LogP) is 7.29. The van der Waals surface area contributed by atoms with E-state index in [1.165, 1.54) is 29.5 Å². The maximum absolute atomic E-state index is 13.7. The molecular formula is C36H45N3O4. The Bertz CT molecular complexity index is 1630. The van der Waals surface area contributed by atoms with Crippen LogP contribution in [-0.2, 0) is 55.4 Å². The van der Waals surface area contributed by atoms with Crippen LogP contribution in [0.1, 0.15) is 90.1 Å². The fraction of sp³-hybridized carbons (Fsp3) is 0.500. The number of nitrogens with zero attached hydrogens (tertiary/aromatic N) is 3. The highest BCUT2D eigenvalue weighted by Crippen LogP contribution is 2.41. The first kappa shape index (κ1) is 29.5. The standard InChI is InChI=1S/C36H45N3O4/c1-5-29-33-30(38(4)37-29)23-41-21-10-9-20-39-34-28(19-18-24(3)32(33)34)27(35(39)36(40)42-6-2)16-12-22-43-31-17-11-14-25-13-7-8-15-26(25)31/h11,14,17-19H,5-10,12-13,15-16,20-23H2,1-4H3. The van der Waals surface area contributed by atoms with Crippen LogP contribution in [0.25, 0.3) is 22.0 Å². The molecular weight excluding hydrogens is 538 g/mol. The summed E-state index contributed by atoms with van der Waals surface area (Å²) in [6.07, 6.45) is 8.91. The molecule has 0 amide bonds. The highest BCUT2D eigenvalue weighted by Gasteiger charge is 2.29. The van der Waals surface area contributed by atoms with E-state index in [1.54, 1.807) is 0 Å². The summed E-state index contributed by atoms with van der Waals surface area (Å²) < 4.78 is 22.5. The van der Waals surface area contributed by atoms with Crippen molar-refractivity contribution in [2.24, 2.45) is 7.05 Å². The molecule has 0 saturated carbocycles. The maximum atomic E-state index is 13.7. The third-order valence-electron chi connectivity index (χ3n) is 9.17. The molecule has 6 rings (SSSR count). The molecule has 7 heteroatoms. The molecule has 228 valence electrons. The molecule has 1 aliphatic heterocycles. The van der Waals surface area contributed by atoms with E-state index in [0.717, 1.165) is 96.2 Å². The van der Waals surface area contributed by atoms with Crippen molar-refractivity contribution < 1.29 is 19.0 Å². The van der Waals surface area contributed by atoms with Gasteiger partial charge in [0.2, 0.25) is 0 Å². The molecule has 0 N–H and O–H groups in total. The van der Waals surface area contributed by atoms with Crippen LogP contribution in [-0.4, -0.2) is 40.1 Å². The second-order valence-electron chi connectivity index (χ2n) is 11.9. The van der Waals surface area contributed by atoms with Crippen LogP contribution in [0.15, 0.2) is 30.3 Å². The summed E-state index contributed by atoms with van der Waals surface area (Å²) in [6.45, 7) is 9.07. The SMILES string of the molecule is CCOC(=O)c1c(CCCOc2cccc3c2CCCC3)c2ccc(C)c3c2n1CCCCOCc1c-3c(CC)nn1C. The Morgan fingerprint density at radius 1 is 1.05 bits per heavy atom. The van der Waals surface area contributed by atoms with Crippen LogP contribution in [0.4, 0.5) is 0 Å². The molecule has 0 radical (unpaired) electrons. The number of aromatic nitrogens is 3. The third kappa shape index (κ3) is 5.60. The van der Waals surface area contributed by atoms with Gasteiger partial charge in [-0.3, -0.25) is 4.68 Å². The minimum Gasteiger partial charge on any atom is -0.493 e. The zero-order valence-corrected chi connectivity index (χ0v) is 26.3. The minimum atomic E-state index is -0.247. The number of esters is 1. The van der Waals surface area contributed by atoms with Crippen LogP contribution in [0, 0.1) is 6.92 Å². The lowest BCUT2D eigenvalue weighted by molar-refractivity contribution is 0.0512. The number of carbonyl (C=O) groups is 1. The van der Waals surface area contributed by atoms with Gasteiger partial charge in [0.05, 0.1) is 36.7 Å². The first-order valence-corrected chi connectivity index (χ1v) is 16.2. The van der Waals surface area contributed by atoms with Gasteiger partial charge < -0.3 is 18.8 Å². The minimum absolute atomic E-state index is 0.247. The number of carbonyl (C=O) groups excluding carboxylic acids is 1. The maximum Gasteiger partial charge on any atom is 0.355 e. The normalized spacial score (nSPS) is 15.1. The molecule has 0 spiro atoms. The molecule has 7 nitrogen and oxygen atoms in total. The van der Waals surface area contributed by atoms with Gasteiger partial charge in [-0.1, -0.05) is 31.2 Å². The van der Waals surface area contributed by atoms with E-state index >= 15 is 0 Å². The monoisotopic (exact) mass is 583 g/mol. The quantitative estimate of drug-likeness (QED) is 0.161. The van der Waals surface area contributed by atoms with Crippen molar-refractivity contribution in [3.05, 3.63) is 69.7 Å². The zero-order chi connectivity index (χ0) is 29.9. The topological polar surface area (TPSA) is 67.5 Å². The van der Waals surface area contributed by atoms with Gasteiger partial charge in [0.15, 0.2) is 0 Å². The van der Waals surface area contributed by atoms with E-state index in [1.807, 2.05) is 18.7 Å². The fourth-order valence-corrected chi connectivity index (χ4v) is 7.12. The summed E-state index contributed by atoms with van der Waals surface area (Å²) in [7, 11) is 2.01. The van der Waals surface area contributed by atoms with Crippen molar-refractivity contribution in [2.45, 2.75) is 91.7 Å². The van der Waals surface area contributed by atoms with Crippen molar-refractivity contribution in [2.75, 3.05) is 19.8 Å². The summed E-state index contributed by atoms with van der Waals surface area (Å²) in [4.78, 5) is 13.7. The Balaban J connectivity index is 1.44. The molecule has 1 aliphatic carbocycles. The van der Waals surface area contributed by atoms with E-state index in [0.29, 0.717) is 32.1 Å². The van der Waals surface area contributed by atoms with Gasteiger partial charge in [0, 0.05) is 36.7 Å². The molecule has 0 bridgehead atoms. The lowest BCUT2D eigenvalue weighted by Crippen LogP contribution is -2.15. The average molecular weight is 584 g/mol. The Morgan fingerprint density at radius 2 is 1.91 bits per heavy atom. The largest absolute Gasteiger partial charge is 0.493 e. The van der Waals surface area contributed by atoms with E-state index < -0.39 is 0 Å². The fourth-order valence-electron chi connectivity index (χ4n) is 7.12. The van der Waals surface area contributed by atoms with Crippen molar-refractivity contribution in [1.82, 2.24) is 14.3 Å². The second kappa shape index (κ2) is 13.0. The molecule has 4 aromatic rings. The highest BCUT2D eigenvalue weighted by atomic mass is 16.5. The van der Waals surface area contributed by atoms with Gasteiger partial charge in [-0.05, 0) is 100.0 Å². The Hall–Kier alpha value is -3.58. The second-order valence-corrected chi connectivity index (χ2v) is 11.9. The first-order chi connectivity index (χ1) is 21.0. The van der Waals surface area contributed by atoms with E-state index in [4.69, 9.17) is 19.3 Å². The van der Waals surface area contributed by atoms with Gasteiger partial charge in [-0.15, -0.1) is 0 Å². The number of hydrogen-bond acceptors (Lipinski definition) is 5. The molecule has 3 heterocycles. The van der Waals surface area contributed by atoms with E-state index in [9.17, 15) is 4.79 Å². The molecule has 0 fully saturated rings. The van der Waals surface area contributed by atoms with E-state index in [-0.39, 0.29) is 5.97 Å². The average Bonchev–Trinajstić information content (AvgIpc) is 3.49. The van der Waals surface area contributed by atoms with Crippen LogP contribution in [0.2, 0.25) is 0 Å². The Labute approximate surface area is 255 Å². The lowest BCUT2D eigenvalue weighted by Gasteiger charge is -2.19. The zero-order valence-electron chi connectivity index (χ0n) is 26.3. The highest BCUT2D eigenvalue weighted by molar-refractivity contribution is 6.05. The van der Waals surface area contributed by atoms with Crippen LogP contribution < -0.4 is 4.74 Å². The van der Waals surface area contributed by atoms with Crippen molar-refractivity contribution in [3.8, 4) is 16.9 Å². The van der Waals surface area contributed by atoms with Gasteiger partial charge in [-0.25, -0.2) is 4.79 Å². The first-order valence-electron chi connectivity index (χ1n) is 16.2. The summed E-state index contributed by atoms with van der Waals surface area (Å²) in [5.74, 6) is 0.777. The summed E-state index contributed by atoms with van der Waals surface area (Å²) >= 11 is 0. The number of ether oxygens (including phenoxy) is 3. The summed E-state index contributed by atoms with van der Waals surface area (Å²) in [5.41, 5.74) is 11.3. The Kier molecular flexibility index (Phi) is 8.89. The molecule has 43 heavy (non-hydrogen) atoms. The summed E-state index contributed by atoms with van der Waals surface area (Å²) in [5, 5.41) is 6.04. The number of fused-ring (bicyclic) bond motifs is 3.